The van der Waals surface area contributed by atoms with Crippen molar-refractivity contribution >= 4 is 9.84 Å². The molecule has 0 aromatic heterocycles. The van der Waals surface area contributed by atoms with Gasteiger partial charge in [0.25, 0.3) is 0 Å². The van der Waals surface area contributed by atoms with Gasteiger partial charge in [-0.1, -0.05) is 13.0 Å². The summed E-state index contributed by atoms with van der Waals surface area (Å²) in [5, 5.41) is 12.8. The molecule has 0 aliphatic carbocycles. The van der Waals surface area contributed by atoms with Crippen molar-refractivity contribution < 1.29 is 8.42 Å². The lowest BCUT2D eigenvalue weighted by atomic mass is 10.2. The van der Waals surface area contributed by atoms with Crippen LogP contribution in [-0.4, -0.2) is 26.3 Å². The Balaban J connectivity index is 2.52. The van der Waals surface area contributed by atoms with Crippen LogP contribution in [0.1, 0.15) is 13.3 Å². The zero-order valence-electron chi connectivity index (χ0n) is 7.40. The molecule has 0 bridgehead atoms. The van der Waals surface area contributed by atoms with Gasteiger partial charge in [0.1, 0.15) is 0 Å². The van der Waals surface area contributed by atoms with Gasteiger partial charge >= 0.3 is 0 Å². The first-order valence-corrected chi connectivity index (χ1v) is 5.85. The molecule has 0 saturated heterocycles. The molecular weight excluding hydrogens is 188 g/mol. The Bertz CT molecular complexity index is 340. The Morgan fingerprint density at radius 3 is 2.85 bits per heavy atom. The summed E-state index contributed by atoms with van der Waals surface area (Å²) in [7, 11) is -3.01. The predicted octanol–water partition coefficient (Wildman–Crippen LogP) is 0.189. The van der Waals surface area contributed by atoms with E-state index in [2.05, 4.69) is 11.4 Å². The second-order valence-corrected chi connectivity index (χ2v) is 4.95. The first kappa shape index (κ1) is 10.2. The van der Waals surface area contributed by atoms with E-state index in [1.54, 1.807) is 6.08 Å². The average molecular weight is 200 g/mol. The maximum absolute atomic E-state index is 11.0. The van der Waals surface area contributed by atoms with Crippen molar-refractivity contribution in [2.45, 2.75) is 25.4 Å². The summed E-state index contributed by atoms with van der Waals surface area (Å²) in [4.78, 5) is 0. The summed E-state index contributed by atoms with van der Waals surface area (Å²) >= 11 is 0. The molecule has 2 atom stereocenters. The van der Waals surface area contributed by atoms with E-state index < -0.39 is 9.84 Å². The molecule has 0 radical (unpaired) electrons. The molecule has 1 N–H and O–H groups in total. The molecule has 1 aliphatic heterocycles. The molecule has 4 nitrogen and oxygen atoms in total. The van der Waals surface area contributed by atoms with E-state index in [1.165, 1.54) is 5.41 Å². The number of hydrogen-bond donors (Lipinski definition) is 1. The fourth-order valence-electron chi connectivity index (χ4n) is 1.18. The molecule has 1 heterocycles. The van der Waals surface area contributed by atoms with Gasteiger partial charge in [0.05, 0.1) is 17.9 Å². The highest BCUT2D eigenvalue weighted by Crippen LogP contribution is 2.08. The van der Waals surface area contributed by atoms with Crippen LogP contribution in [0.25, 0.3) is 0 Å². The minimum atomic E-state index is -3.01. The number of rotatable bonds is 3. The first-order valence-electron chi connectivity index (χ1n) is 4.14. The molecule has 0 spiro atoms. The minimum absolute atomic E-state index is 0.0746. The highest BCUT2D eigenvalue weighted by atomic mass is 32.2. The van der Waals surface area contributed by atoms with Crippen molar-refractivity contribution in [3.63, 3.8) is 0 Å². The van der Waals surface area contributed by atoms with Crippen LogP contribution in [-0.2, 0) is 9.84 Å². The molecule has 2 unspecified atom stereocenters. The van der Waals surface area contributed by atoms with Crippen molar-refractivity contribution in [1.82, 2.24) is 5.32 Å². The largest absolute Gasteiger partial charge is 0.295 e. The molecule has 1 aliphatic rings. The molecule has 0 amide bonds. The monoisotopic (exact) mass is 200 g/mol. The SMILES string of the molecule is CCC(C#N)NC1C=CS(=O)(=O)C1. The van der Waals surface area contributed by atoms with Gasteiger partial charge in [-0.25, -0.2) is 8.42 Å². The summed E-state index contributed by atoms with van der Waals surface area (Å²) in [5.74, 6) is 0.0746. The molecule has 0 aromatic carbocycles. The van der Waals surface area contributed by atoms with Crippen LogP contribution in [0.4, 0.5) is 0 Å². The number of sulfone groups is 1. The molecule has 13 heavy (non-hydrogen) atoms. The fourth-order valence-corrected chi connectivity index (χ4v) is 2.43. The molecule has 5 heteroatoms. The van der Waals surface area contributed by atoms with E-state index in [4.69, 9.17) is 5.26 Å². The summed E-state index contributed by atoms with van der Waals surface area (Å²) in [6, 6.07) is 1.61. The van der Waals surface area contributed by atoms with E-state index >= 15 is 0 Å². The van der Waals surface area contributed by atoms with Crippen molar-refractivity contribution in [1.29, 1.82) is 5.26 Å². The molecular formula is C8H12N2O2S. The van der Waals surface area contributed by atoms with E-state index in [9.17, 15) is 8.42 Å². The zero-order chi connectivity index (χ0) is 9.90. The van der Waals surface area contributed by atoms with Crippen LogP contribution in [0, 0.1) is 11.3 Å². The fraction of sp³-hybridized carbons (Fsp3) is 0.625. The third kappa shape index (κ3) is 2.83. The highest BCUT2D eigenvalue weighted by Gasteiger charge is 2.22. The Kier molecular flexibility index (Phi) is 3.07. The van der Waals surface area contributed by atoms with Crippen molar-refractivity contribution in [3.8, 4) is 6.07 Å². The third-order valence-corrected chi connectivity index (χ3v) is 3.30. The first-order chi connectivity index (χ1) is 6.07. The topological polar surface area (TPSA) is 70.0 Å². The average Bonchev–Trinajstić information content (AvgIpc) is 2.41. The maximum Gasteiger partial charge on any atom is 0.173 e. The number of hydrogen-bond acceptors (Lipinski definition) is 4. The van der Waals surface area contributed by atoms with E-state index in [1.807, 2.05) is 6.92 Å². The summed E-state index contributed by atoms with van der Waals surface area (Å²) in [5.41, 5.74) is 0. The predicted molar refractivity (Wildman–Crippen MR) is 49.5 cm³/mol. The van der Waals surface area contributed by atoms with E-state index in [0.717, 1.165) is 0 Å². The molecule has 0 saturated carbocycles. The van der Waals surface area contributed by atoms with Gasteiger partial charge in [-0.05, 0) is 6.42 Å². The van der Waals surface area contributed by atoms with E-state index in [-0.39, 0.29) is 17.8 Å². The Labute approximate surface area is 78.2 Å². The Hall–Kier alpha value is -0.860. The molecule has 0 fully saturated rings. The number of nitrogens with one attached hydrogen (secondary N) is 1. The Morgan fingerprint density at radius 1 is 1.77 bits per heavy atom. The van der Waals surface area contributed by atoms with Crippen LogP contribution in [0.5, 0.6) is 0 Å². The molecule has 0 aromatic rings. The van der Waals surface area contributed by atoms with Gasteiger partial charge in [0.15, 0.2) is 9.84 Å². The van der Waals surface area contributed by atoms with Gasteiger partial charge in [0.2, 0.25) is 0 Å². The van der Waals surface area contributed by atoms with Crippen LogP contribution in [0.3, 0.4) is 0 Å². The third-order valence-electron chi connectivity index (χ3n) is 1.91. The number of nitrogens with zero attached hydrogens (tertiary/aromatic N) is 1. The summed E-state index contributed by atoms with van der Waals surface area (Å²) in [6.45, 7) is 1.88. The van der Waals surface area contributed by atoms with Crippen molar-refractivity contribution in [3.05, 3.63) is 11.5 Å². The smallest absolute Gasteiger partial charge is 0.173 e. The van der Waals surface area contributed by atoms with Crippen molar-refractivity contribution in [2.24, 2.45) is 0 Å². The lowest BCUT2D eigenvalue weighted by Crippen LogP contribution is -2.37. The summed E-state index contributed by atoms with van der Waals surface area (Å²) in [6.07, 6.45) is 2.27. The van der Waals surface area contributed by atoms with Gasteiger partial charge in [-0.3, -0.25) is 5.32 Å². The Morgan fingerprint density at radius 2 is 2.46 bits per heavy atom. The van der Waals surface area contributed by atoms with Crippen molar-refractivity contribution in [2.75, 3.05) is 5.75 Å². The van der Waals surface area contributed by atoms with Crippen LogP contribution in [0.2, 0.25) is 0 Å². The number of nitriles is 1. The molecule has 1 rings (SSSR count). The molecule has 72 valence electrons. The standard InChI is InChI=1S/C8H12N2O2S/c1-2-7(5-9)10-8-3-4-13(11,12)6-8/h3-4,7-8,10H,2,6H2,1H3. The van der Waals surface area contributed by atoms with Crippen LogP contribution in [0.15, 0.2) is 11.5 Å². The second-order valence-electron chi connectivity index (χ2n) is 3.02. The maximum atomic E-state index is 11.0. The highest BCUT2D eigenvalue weighted by molar-refractivity contribution is 7.94. The second kappa shape index (κ2) is 3.90. The normalized spacial score (nSPS) is 26.9. The lowest BCUT2D eigenvalue weighted by Gasteiger charge is -2.13. The van der Waals surface area contributed by atoms with Gasteiger partial charge < -0.3 is 0 Å². The van der Waals surface area contributed by atoms with Gasteiger partial charge in [-0.15, -0.1) is 0 Å². The minimum Gasteiger partial charge on any atom is -0.295 e. The van der Waals surface area contributed by atoms with E-state index in [0.29, 0.717) is 6.42 Å². The summed E-state index contributed by atoms with van der Waals surface area (Å²) < 4.78 is 22.0. The van der Waals surface area contributed by atoms with Crippen LogP contribution >= 0.6 is 0 Å². The quantitative estimate of drug-likeness (QED) is 0.706. The van der Waals surface area contributed by atoms with Gasteiger partial charge in [-0.2, -0.15) is 5.26 Å². The van der Waals surface area contributed by atoms with Crippen LogP contribution < -0.4 is 5.32 Å². The van der Waals surface area contributed by atoms with Gasteiger partial charge in [0, 0.05) is 11.4 Å². The zero-order valence-corrected chi connectivity index (χ0v) is 8.21. The lowest BCUT2D eigenvalue weighted by molar-refractivity contribution is 0.547.